The largest absolute Gasteiger partial charge is 0.465 e. The second-order valence-electron chi connectivity index (χ2n) is 4.49. The van der Waals surface area contributed by atoms with Gasteiger partial charge >= 0.3 is 5.97 Å². The highest BCUT2D eigenvalue weighted by Gasteiger charge is 2.10. The number of hydrogen-bond acceptors (Lipinski definition) is 3. The van der Waals surface area contributed by atoms with Gasteiger partial charge in [-0.3, -0.25) is 4.79 Å². The lowest BCUT2D eigenvalue weighted by atomic mass is 10.1. The minimum absolute atomic E-state index is 0.357. The van der Waals surface area contributed by atoms with Gasteiger partial charge in [0, 0.05) is 11.3 Å². The van der Waals surface area contributed by atoms with E-state index in [9.17, 15) is 14.0 Å². The molecule has 0 spiro atoms. The Bertz CT molecular complexity index is 680. The lowest BCUT2D eigenvalue weighted by Crippen LogP contribution is -2.12. The molecule has 0 saturated carbocycles. The summed E-state index contributed by atoms with van der Waals surface area (Å²) in [5, 5.41) is 2.59. The van der Waals surface area contributed by atoms with Gasteiger partial charge in [0.05, 0.1) is 12.7 Å². The molecule has 108 valence electrons. The van der Waals surface area contributed by atoms with Gasteiger partial charge in [-0.1, -0.05) is 6.07 Å². The molecule has 0 radical (unpaired) electrons. The van der Waals surface area contributed by atoms with Crippen LogP contribution in [0.3, 0.4) is 0 Å². The molecule has 0 heterocycles. The van der Waals surface area contributed by atoms with Crippen LogP contribution in [0, 0.1) is 12.7 Å². The Hall–Kier alpha value is -2.69. The number of rotatable bonds is 3. The maximum atomic E-state index is 13.4. The lowest BCUT2D eigenvalue weighted by molar-refractivity contribution is 0.0600. The van der Waals surface area contributed by atoms with E-state index in [1.54, 1.807) is 19.1 Å². The molecule has 4 nitrogen and oxygen atoms in total. The van der Waals surface area contributed by atoms with E-state index in [0.717, 1.165) is 0 Å². The van der Waals surface area contributed by atoms with Crippen LogP contribution in [0.15, 0.2) is 42.5 Å². The van der Waals surface area contributed by atoms with Crippen LogP contribution in [-0.2, 0) is 4.74 Å². The van der Waals surface area contributed by atoms with Crippen molar-refractivity contribution in [2.75, 3.05) is 12.4 Å². The molecule has 1 amide bonds. The minimum atomic E-state index is -0.470. The molecular formula is C16H14FNO3. The zero-order valence-corrected chi connectivity index (χ0v) is 11.6. The molecule has 0 atom stereocenters. The van der Waals surface area contributed by atoms with E-state index in [-0.39, 0.29) is 11.7 Å². The van der Waals surface area contributed by atoms with Crippen molar-refractivity contribution < 1.29 is 18.7 Å². The number of ether oxygens (including phenoxy) is 1. The van der Waals surface area contributed by atoms with Crippen molar-refractivity contribution in [1.29, 1.82) is 0 Å². The number of aryl methyl sites for hydroxylation is 1. The number of benzene rings is 2. The van der Waals surface area contributed by atoms with Gasteiger partial charge in [-0.25, -0.2) is 9.18 Å². The van der Waals surface area contributed by atoms with Crippen molar-refractivity contribution in [3.8, 4) is 0 Å². The molecular weight excluding hydrogens is 273 g/mol. The van der Waals surface area contributed by atoms with E-state index in [1.807, 2.05) is 0 Å². The summed E-state index contributed by atoms with van der Waals surface area (Å²) in [4.78, 5) is 23.3. The second kappa shape index (κ2) is 6.17. The van der Waals surface area contributed by atoms with E-state index in [2.05, 4.69) is 10.1 Å². The van der Waals surface area contributed by atoms with Crippen molar-refractivity contribution in [2.45, 2.75) is 6.92 Å². The first-order valence-electron chi connectivity index (χ1n) is 6.27. The van der Waals surface area contributed by atoms with E-state index in [1.165, 1.54) is 37.4 Å². The molecule has 2 aromatic carbocycles. The van der Waals surface area contributed by atoms with Gasteiger partial charge in [-0.05, 0) is 48.9 Å². The van der Waals surface area contributed by atoms with Gasteiger partial charge < -0.3 is 10.1 Å². The van der Waals surface area contributed by atoms with Gasteiger partial charge in [0.15, 0.2) is 0 Å². The first-order chi connectivity index (χ1) is 10.0. The van der Waals surface area contributed by atoms with E-state index in [0.29, 0.717) is 22.4 Å². The fourth-order valence-corrected chi connectivity index (χ4v) is 1.75. The molecule has 2 aromatic rings. The molecule has 0 aliphatic heterocycles. The fraction of sp³-hybridized carbons (Fsp3) is 0.125. The summed E-state index contributed by atoms with van der Waals surface area (Å²) in [5.74, 6) is -1.23. The normalized spacial score (nSPS) is 10.0. The third-order valence-corrected chi connectivity index (χ3v) is 3.00. The van der Waals surface area contributed by atoms with E-state index >= 15 is 0 Å². The van der Waals surface area contributed by atoms with Gasteiger partial charge in [-0.2, -0.15) is 0 Å². The number of methoxy groups -OCH3 is 1. The quantitative estimate of drug-likeness (QED) is 0.882. The van der Waals surface area contributed by atoms with Gasteiger partial charge in [0.2, 0.25) is 0 Å². The average molecular weight is 287 g/mol. The van der Waals surface area contributed by atoms with Crippen LogP contribution < -0.4 is 5.32 Å². The van der Waals surface area contributed by atoms with E-state index < -0.39 is 5.97 Å². The number of carbonyl (C=O) groups excluding carboxylic acids is 2. The van der Waals surface area contributed by atoms with Crippen molar-refractivity contribution in [1.82, 2.24) is 0 Å². The summed E-state index contributed by atoms with van der Waals surface area (Å²) < 4.78 is 18.0. The second-order valence-corrected chi connectivity index (χ2v) is 4.49. The Morgan fingerprint density at radius 1 is 1.05 bits per heavy atom. The van der Waals surface area contributed by atoms with Crippen molar-refractivity contribution in [3.05, 3.63) is 65.0 Å². The molecule has 0 aliphatic carbocycles. The zero-order chi connectivity index (χ0) is 15.4. The Morgan fingerprint density at radius 2 is 1.67 bits per heavy atom. The average Bonchev–Trinajstić information content (AvgIpc) is 2.50. The Balaban J connectivity index is 2.13. The third kappa shape index (κ3) is 3.45. The first-order valence-corrected chi connectivity index (χ1v) is 6.27. The molecule has 21 heavy (non-hydrogen) atoms. The van der Waals surface area contributed by atoms with Gasteiger partial charge in [-0.15, -0.1) is 0 Å². The maximum absolute atomic E-state index is 13.4. The van der Waals surface area contributed by atoms with Crippen LogP contribution in [0.25, 0.3) is 0 Å². The number of nitrogens with one attached hydrogen (secondary N) is 1. The third-order valence-electron chi connectivity index (χ3n) is 3.00. The predicted octanol–water partition coefficient (Wildman–Crippen LogP) is 3.17. The number of anilines is 1. The molecule has 0 bridgehead atoms. The minimum Gasteiger partial charge on any atom is -0.465 e. The molecule has 2 rings (SSSR count). The highest BCUT2D eigenvalue weighted by Crippen LogP contribution is 2.15. The predicted molar refractivity (Wildman–Crippen MR) is 76.9 cm³/mol. The number of halogens is 1. The van der Waals surface area contributed by atoms with E-state index in [4.69, 9.17) is 0 Å². The lowest BCUT2D eigenvalue weighted by Gasteiger charge is -2.07. The fourth-order valence-electron chi connectivity index (χ4n) is 1.75. The topological polar surface area (TPSA) is 55.4 Å². The van der Waals surface area contributed by atoms with Crippen LogP contribution in [0.2, 0.25) is 0 Å². The summed E-state index contributed by atoms with van der Waals surface area (Å²) in [6.07, 6.45) is 0. The van der Waals surface area contributed by atoms with Crippen molar-refractivity contribution in [3.63, 3.8) is 0 Å². The Kier molecular flexibility index (Phi) is 4.33. The summed E-state index contributed by atoms with van der Waals surface area (Å²) in [5.41, 5.74) is 1.61. The van der Waals surface area contributed by atoms with Gasteiger partial charge in [0.25, 0.3) is 5.91 Å². The summed E-state index contributed by atoms with van der Waals surface area (Å²) in [6.45, 7) is 1.65. The van der Waals surface area contributed by atoms with Crippen LogP contribution >= 0.6 is 0 Å². The molecule has 5 heteroatoms. The number of amides is 1. The van der Waals surface area contributed by atoms with Crippen LogP contribution in [0.4, 0.5) is 10.1 Å². The van der Waals surface area contributed by atoms with Gasteiger partial charge in [0.1, 0.15) is 5.82 Å². The Labute approximate surface area is 121 Å². The summed E-state index contributed by atoms with van der Waals surface area (Å²) >= 11 is 0. The monoisotopic (exact) mass is 287 g/mol. The summed E-state index contributed by atoms with van der Waals surface area (Å²) in [7, 11) is 1.29. The highest BCUT2D eigenvalue weighted by molar-refractivity contribution is 6.04. The number of esters is 1. The molecule has 0 saturated heterocycles. The molecule has 0 aliphatic rings. The van der Waals surface area contributed by atoms with Crippen LogP contribution in [-0.4, -0.2) is 19.0 Å². The smallest absolute Gasteiger partial charge is 0.337 e. The standard InChI is InChI=1S/C16H14FNO3/c1-10-3-8-13(9-14(10)17)18-15(19)11-4-6-12(7-5-11)16(20)21-2/h3-9H,1-2H3,(H,18,19). The number of carbonyl (C=O) groups is 2. The van der Waals surface area contributed by atoms with Crippen molar-refractivity contribution in [2.24, 2.45) is 0 Å². The zero-order valence-electron chi connectivity index (χ0n) is 11.6. The van der Waals surface area contributed by atoms with Crippen molar-refractivity contribution >= 4 is 17.6 Å². The molecule has 0 unspecified atom stereocenters. The first kappa shape index (κ1) is 14.7. The molecule has 0 fully saturated rings. The number of hydrogen-bond donors (Lipinski definition) is 1. The SMILES string of the molecule is COC(=O)c1ccc(C(=O)Nc2ccc(C)c(F)c2)cc1. The highest BCUT2D eigenvalue weighted by atomic mass is 19.1. The molecule has 1 N–H and O–H groups in total. The van der Waals surface area contributed by atoms with Crippen LogP contribution in [0.1, 0.15) is 26.3 Å². The Morgan fingerprint density at radius 3 is 2.24 bits per heavy atom. The maximum Gasteiger partial charge on any atom is 0.337 e. The molecule has 0 aromatic heterocycles. The summed E-state index contributed by atoms with van der Waals surface area (Å²) in [6, 6.07) is 10.5. The van der Waals surface area contributed by atoms with Crippen LogP contribution in [0.5, 0.6) is 0 Å².